The lowest BCUT2D eigenvalue weighted by atomic mass is 10.2. The highest BCUT2D eigenvalue weighted by Crippen LogP contribution is 2.13. The van der Waals surface area contributed by atoms with Crippen LogP contribution in [0, 0.1) is 13.8 Å². The molecule has 1 N–H and O–H groups in total. The molecule has 1 heterocycles. The first-order chi connectivity index (χ1) is 4.25. The Balaban J connectivity index is 3.04. The third-order valence-corrected chi connectivity index (χ3v) is 1.56. The van der Waals surface area contributed by atoms with Crippen LogP contribution in [-0.4, -0.2) is 5.11 Å². The molecule has 0 aliphatic heterocycles. The van der Waals surface area contributed by atoms with Gasteiger partial charge < -0.3 is 9.52 Å². The predicted octanol–water partition coefficient (Wildman–Crippen LogP) is 1.39. The smallest absolute Gasteiger partial charge is 0.103 e. The lowest BCUT2D eigenvalue weighted by molar-refractivity contribution is 0.280. The van der Waals surface area contributed by atoms with Crippen molar-refractivity contribution in [2.45, 2.75) is 20.5 Å². The first-order valence-corrected chi connectivity index (χ1v) is 2.90. The van der Waals surface area contributed by atoms with E-state index in [1.165, 1.54) is 0 Å². The molecular weight excluding hydrogens is 116 g/mol. The number of rotatable bonds is 1. The summed E-state index contributed by atoms with van der Waals surface area (Å²) in [6.45, 7) is 3.89. The molecule has 0 amide bonds. The quantitative estimate of drug-likeness (QED) is 0.616. The number of aryl methyl sites for hydroxylation is 1. The van der Waals surface area contributed by atoms with Gasteiger partial charge in [-0.05, 0) is 19.4 Å². The molecule has 0 spiro atoms. The second-order valence-corrected chi connectivity index (χ2v) is 2.10. The molecule has 9 heavy (non-hydrogen) atoms. The number of aliphatic hydroxyl groups excluding tert-OH is 1. The molecule has 0 aliphatic rings. The Morgan fingerprint density at radius 1 is 1.56 bits per heavy atom. The van der Waals surface area contributed by atoms with Gasteiger partial charge in [0, 0.05) is 5.56 Å². The maximum absolute atomic E-state index is 8.67. The van der Waals surface area contributed by atoms with Crippen LogP contribution >= 0.6 is 0 Å². The van der Waals surface area contributed by atoms with Gasteiger partial charge in [0.25, 0.3) is 0 Å². The van der Waals surface area contributed by atoms with E-state index in [0.29, 0.717) is 0 Å². The average Bonchev–Trinajstić information content (AvgIpc) is 2.15. The zero-order valence-corrected chi connectivity index (χ0v) is 5.64. The minimum absolute atomic E-state index is 0.0726. The van der Waals surface area contributed by atoms with E-state index in [2.05, 4.69) is 0 Å². The molecule has 0 unspecified atom stereocenters. The van der Waals surface area contributed by atoms with Crippen molar-refractivity contribution in [3.8, 4) is 0 Å². The lowest BCUT2D eigenvalue weighted by Crippen LogP contribution is -1.81. The fraction of sp³-hybridized carbons (Fsp3) is 0.429. The van der Waals surface area contributed by atoms with Gasteiger partial charge in [-0.25, -0.2) is 0 Å². The Morgan fingerprint density at radius 3 is 2.44 bits per heavy atom. The van der Waals surface area contributed by atoms with E-state index in [-0.39, 0.29) is 6.61 Å². The highest BCUT2D eigenvalue weighted by atomic mass is 16.3. The minimum Gasteiger partial charge on any atom is -0.469 e. The summed E-state index contributed by atoms with van der Waals surface area (Å²) in [6, 6.07) is 0. The number of hydrogen-bond donors (Lipinski definition) is 1. The van der Waals surface area contributed by atoms with Crippen molar-refractivity contribution in [3.63, 3.8) is 0 Å². The summed E-state index contributed by atoms with van der Waals surface area (Å²) >= 11 is 0. The molecule has 0 saturated carbocycles. The highest BCUT2D eigenvalue weighted by molar-refractivity contribution is 5.24. The van der Waals surface area contributed by atoms with E-state index in [1.54, 1.807) is 6.26 Å². The molecule has 50 valence electrons. The van der Waals surface area contributed by atoms with Gasteiger partial charge in [0.1, 0.15) is 5.76 Å². The van der Waals surface area contributed by atoms with Crippen LogP contribution in [0.3, 0.4) is 0 Å². The molecule has 0 fully saturated rings. The van der Waals surface area contributed by atoms with E-state index in [4.69, 9.17) is 9.52 Å². The summed E-state index contributed by atoms with van der Waals surface area (Å²) in [6.07, 6.45) is 1.59. The van der Waals surface area contributed by atoms with Crippen LogP contribution in [0.25, 0.3) is 0 Å². The molecule has 0 radical (unpaired) electrons. The molecule has 2 heteroatoms. The van der Waals surface area contributed by atoms with Gasteiger partial charge in [-0.2, -0.15) is 0 Å². The van der Waals surface area contributed by atoms with Crippen LogP contribution < -0.4 is 0 Å². The number of hydrogen-bond acceptors (Lipinski definition) is 2. The van der Waals surface area contributed by atoms with Crippen LogP contribution in [0.15, 0.2) is 10.7 Å². The van der Waals surface area contributed by atoms with Gasteiger partial charge in [0.2, 0.25) is 0 Å². The minimum atomic E-state index is 0.0726. The van der Waals surface area contributed by atoms with Crippen molar-refractivity contribution in [2.75, 3.05) is 0 Å². The van der Waals surface area contributed by atoms with Crippen LogP contribution in [0.1, 0.15) is 16.9 Å². The standard InChI is InChI=1S/C7H10O2/c1-5-6(2)9-4-7(5)3-8/h4,8H,3H2,1-2H3. The summed E-state index contributed by atoms with van der Waals surface area (Å²) in [5.74, 6) is 0.888. The molecule has 1 aromatic rings. The second kappa shape index (κ2) is 2.23. The first kappa shape index (κ1) is 6.36. The monoisotopic (exact) mass is 126 g/mol. The average molecular weight is 126 g/mol. The number of aliphatic hydroxyl groups is 1. The molecule has 1 rings (SSSR count). The van der Waals surface area contributed by atoms with Crippen LogP contribution in [-0.2, 0) is 6.61 Å². The van der Waals surface area contributed by atoms with Crippen molar-refractivity contribution >= 4 is 0 Å². The second-order valence-electron chi connectivity index (χ2n) is 2.10. The third kappa shape index (κ3) is 0.980. The molecule has 0 atom stereocenters. The van der Waals surface area contributed by atoms with E-state index in [0.717, 1.165) is 16.9 Å². The SMILES string of the molecule is Cc1occ(CO)c1C. The summed E-state index contributed by atoms with van der Waals surface area (Å²) in [5, 5.41) is 8.67. The van der Waals surface area contributed by atoms with Crippen LogP contribution in [0.4, 0.5) is 0 Å². The molecule has 0 aromatic carbocycles. The summed E-state index contributed by atoms with van der Waals surface area (Å²) in [5.41, 5.74) is 1.94. The van der Waals surface area contributed by atoms with Crippen molar-refractivity contribution in [1.82, 2.24) is 0 Å². The molecule has 0 aliphatic carbocycles. The summed E-state index contributed by atoms with van der Waals surface area (Å²) in [4.78, 5) is 0. The van der Waals surface area contributed by atoms with Crippen molar-refractivity contribution in [1.29, 1.82) is 0 Å². The normalized spacial score (nSPS) is 10.1. The Bertz CT molecular complexity index is 201. The maximum Gasteiger partial charge on any atom is 0.103 e. The van der Waals surface area contributed by atoms with Crippen LogP contribution in [0.5, 0.6) is 0 Å². The summed E-state index contributed by atoms with van der Waals surface area (Å²) in [7, 11) is 0. The Hall–Kier alpha value is -0.760. The van der Waals surface area contributed by atoms with Gasteiger partial charge in [-0.15, -0.1) is 0 Å². The largest absolute Gasteiger partial charge is 0.469 e. The fourth-order valence-electron chi connectivity index (χ4n) is 0.718. The van der Waals surface area contributed by atoms with E-state index in [1.807, 2.05) is 13.8 Å². The molecular formula is C7H10O2. The molecule has 1 aromatic heterocycles. The van der Waals surface area contributed by atoms with E-state index < -0.39 is 0 Å². The van der Waals surface area contributed by atoms with E-state index >= 15 is 0 Å². The lowest BCUT2D eigenvalue weighted by Gasteiger charge is -1.88. The van der Waals surface area contributed by atoms with Gasteiger partial charge in [0.05, 0.1) is 12.9 Å². The predicted molar refractivity (Wildman–Crippen MR) is 34.1 cm³/mol. The third-order valence-electron chi connectivity index (χ3n) is 1.56. The van der Waals surface area contributed by atoms with Crippen molar-refractivity contribution in [3.05, 3.63) is 23.2 Å². The Kier molecular flexibility index (Phi) is 1.58. The molecule has 2 nitrogen and oxygen atoms in total. The highest BCUT2D eigenvalue weighted by Gasteiger charge is 2.01. The van der Waals surface area contributed by atoms with Crippen molar-refractivity contribution < 1.29 is 9.52 Å². The topological polar surface area (TPSA) is 33.4 Å². The Labute approximate surface area is 54.1 Å². The first-order valence-electron chi connectivity index (χ1n) is 2.90. The van der Waals surface area contributed by atoms with Gasteiger partial charge in [-0.1, -0.05) is 0 Å². The molecule has 0 bridgehead atoms. The van der Waals surface area contributed by atoms with Crippen molar-refractivity contribution in [2.24, 2.45) is 0 Å². The summed E-state index contributed by atoms with van der Waals surface area (Å²) < 4.78 is 5.03. The van der Waals surface area contributed by atoms with Gasteiger partial charge >= 0.3 is 0 Å². The fourth-order valence-corrected chi connectivity index (χ4v) is 0.718. The van der Waals surface area contributed by atoms with Crippen LogP contribution in [0.2, 0.25) is 0 Å². The zero-order valence-electron chi connectivity index (χ0n) is 5.64. The maximum atomic E-state index is 8.67. The van der Waals surface area contributed by atoms with E-state index in [9.17, 15) is 0 Å². The Morgan fingerprint density at radius 2 is 2.22 bits per heavy atom. The van der Waals surface area contributed by atoms with Gasteiger partial charge in [-0.3, -0.25) is 0 Å². The number of furan rings is 1. The zero-order chi connectivity index (χ0) is 6.85. The van der Waals surface area contributed by atoms with Gasteiger partial charge in [0.15, 0.2) is 0 Å². The molecule has 0 saturated heterocycles.